The van der Waals surface area contributed by atoms with E-state index in [0.717, 1.165) is 23.2 Å². The molecule has 1 N–H and O–H groups in total. The second kappa shape index (κ2) is 5.66. The molecule has 2 rings (SSSR count). The van der Waals surface area contributed by atoms with Gasteiger partial charge in [-0.25, -0.2) is 13.8 Å². The SMILES string of the molecule is CC[C@](C)(NC(=O)c1cc(F)ccc1F)c1nccs1. The van der Waals surface area contributed by atoms with Gasteiger partial charge < -0.3 is 5.32 Å². The molecule has 1 aromatic heterocycles. The lowest BCUT2D eigenvalue weighted by Gasteiger charge is -2.27. The van der Waals surface area contributed by atoms with E-state index >= 15 is 0 Å². The number of aromatic nitrogens is 1. The summed E-state index contributed by atoms with van der Waals surface area (Å²) in [7, 11) is 0. The molecule has 2 aromatic rings. The van der Waals surface area contributed by atoms with Crippen molar-refractivity contribution in [1.29, 1.82) is 0 Å². The molecule has 3 nitrogen and oxygen atoms in total. The number of nitrogens with zero attached hydrogens (tertiary/aromatic N) is 1. The quantitative estimate of drug-likeness (QED) is 0.938. The van der Waals surface area contributed by atoms with Crippen LogP contribution in [0.5, 0.6) is 0 Å². The van der Waals surface area contributed by atoms with Gasteiger partial charge in [-0.1, -0.05) is 6.92 Å². The number of hydrogen-bond acceptors (Lipinski definition) is 3. The number of halogens is 2. The maximum atomic E-state index is 13.6. The van der Waals surface area contributed by atoms with E-state index in [9.17, 15) is 13.6 Å². The van der Waals surface area contributed by atoms with Gasteiger partial charge in [-0.3, -0.25) is 4.79 Å². The first-order valence-electron chi connectivity index (χ1n) is 6.14. The summed E-state index contributed by atoms with van der Waals surface area (Å²) in [6.45, 7) is 3.70. The minimum atomic E-state index is -0.749. The van der Waals surface area contributed by atoms with Crippen molar-refractivity contribution in [1.82, 2.24) is 10.3 Å². The Balaban J connectivity index is 2.28. The fraction of sp³-hybridized carbons (Fsp3) is 0.286. The molecule has 106 valence electrons. The van der Waals surface area contributed by atoms with Crippen molar-refractivity contribution >= 4 is 17.2 Å². The van der Waals surface area contributed by atoms with Crippen LogP contribution in [-0.2, 0) is 5.54 Å². The molecule has 1 aromatic carbocycles. The highest BCUT2D eigenvalue weighted by Gasteiger charge is 2.30. The molecule has 20 heavy (non-hydrogen) atoms. The van der Waals surface area contributed by atoms with Crippen LogP contribution in [0.2, 0.25) is 0 Å². The van der Waals surface area contributed by atoms with Crippen LogP contribution in [-0.4, -0.2) is 10.9 Å². The van der Waals surface area contributed by atoms with Crippen molar-refractivity contribution in [2.24, 2.45) is 0 Å². The average Bonchev–Trinajstić information content (AvgIpc) is 2.96. The summed E-state index contributed by atoms with van der Waals surface area (Å²) in [5, 5.41) is 5.26. The Morgan fingerprint density at radius 1 is 1.45 bits per heavy atom. The summed E-state index contributed by atoms with van der Waals surface area (Å²) in [6.07, 6.45) is 2.23. The molecule has 1 heterocycles. The lowest BCUT2D eigenvalue weighted by molar-refractivity contribution is 0.0897. The summed E-state index contributed by atoms with van der Waals surface area (Å²) in [5.41, 5.74) is -1.01. The van der Waals surface area contributed by atoms with Gasteiger partial charge in [0.05, 0.1) is 11.1 Å². The van der Waals surface area contributed by atoms with Crippen molar-refractivity contribution in [2.45, 2.75) is 25.8 Å². The third kappa shape index (κ3) is 2.85. The minimum Gasteiger partial charge on any atom is -0.340 e. The molecule has 0 unspecified atom stereocenters. The van der Waals surface area contributed by atoms with E-state index in [0.29, 0.717) is 6.42 Å². The van der Waals surface area contributed by atoms with E-state index < -0.39 is 23.1 Å². The molecular weight excluding hydrogens is 282 g/mol. The number of amides is 1. The predicted molar refractivity (Wildman–Crippen MR) is 73.6 cm³/mol. The predicted octanol–water partition coefficient (Wildman–Crippen LogP) is 3.48. The zero-order valence-corrected chi connectivity index (χ0v) is 11.9. The first kappa shape index (κ1) is 14.6. The van der Waals surface area contributed by atoms with Crippen LogP contribution < -0.4 is 5.32 Å². The molecule has 0 saturated heterocycles. The zero-order chi connectivity index (χ0) is 14.8. The third-order valence-corrected chi connectivity index (χ3v) is 4.21. The molecule has 0 aliphatic heterocycles. The van der Waals surface area contributed by atoms with Crippen molar-refractivity contribution < 1.29 is 13.6 Å². The second-order valence-electron chi connectivity index (χ2n) is 4.60. The van der Waals surface area contributed by atoms with E-state index in [4.69, 9.17) is 0 Å². The number of nitrogens with one attached hydrogen (secondary N) is 1. The first-order valence-corrected chi connectivity index (χ1v) is 7.02. The Kier molecular flexibility index (Phi) is 4.13. The standard InChI is InChI=1S/C14H14F2N2OS/c1-3-14(2,13-17-6-7-20-13)18-12(19)10-8-9(15)4-5-11(10)16/h4-8H,3H2,1-2H3,(H,18,19)/t14-/m0/s1. The number of carbonyl (C=O) groups is 1. The monoisotopic (exact) mass is 296 g/mol. The summed E-state index contributed by atoms with van der Waals surface area (Å²) in [4.78, 5) is 16.3. The molecule has 0 fully saturated rings. The molecule has 1 amide bonds. The van der Waals surface area contributed by atoms with Crippen LogP contribution in [0.4, 0.5) is 8.78 Å². The number of hydrogen-bond donors (Lipinski definition) is 1. The molecule has 0 spiro atoms. The topological polar surface area (TPSA) is 42.0 Å². The highest BCUT2D eigenvalue weighted by molar-refractivity contribution is 7.09. The smallest absolute Gasteiger partial charge is 0.255 e. The Labute approximate surface area is 119 Å². The van der Waals surface area contributed by atoms with Gasteiger partial charge in [0, 0.05) is 11.6 Å². The minimum absolute atomic E-state index is 0.304. The van der Waals surface area contributed by atoms with E-state index in [2.05, 4.69) is 10.3 Å². The fourth-order valence-corrected chi connectivity index (χ4v) is 2.61. The van der Waals surface area contributed by atoms with Crippen molar-refractivity contribution in [2.75, 3.05) is 0 Å². The van der Waals surface area contributed by atoms with Crippen molar-refractivity contribution in [3.05, 3.63) is 52.0 Å². The highest BCUT2D eigenvalue weighted by atomic mass is 32.1. The highest BCUT2D eigenvalue weighted by Crippen LogP contribution is 2.27. The molecule has 0 bridgehead atoms. The maximum absolute atomic E-state index is 13.6. The molecule has 0 aliphatic rings. The lowest BCUT2D eigenvalue weighted by atomic mass is 9.99. The molecule has 1 atom stereocenters. The number of benzene rings is 1. The van der Waals surface area contributed by atoms with Crippen molar-refractivity contribution in [3.8, 4) is 0 Å². The van der Waals surface area contributed by atoms with Gasteiger partial charge >= 0.3 is 0 Å². The van der Waals surface area contributed by atoms with Crippen LogP contribution in [0.15, 0.2) is 29.8 Å². The van der Waals surface area contributed by atoms with Gasteiger partial charge in [-0.15, -0.1) is 11.3 Å². The van der Waals surface area contributed by atoms with Crippen LogP contribution in [0.1, 0.15) is 35.6 Å². The van der Waals surface area contributed by atoms with Crippen LogP contribution in [0.3, 0.4) is 0 Å². The van der Waals surface area contributed by atoms with Gasteiger partial charge in [0.1, 0.15) is 16.6 Å². The number of carbonyl (C=O) groups excluding carboxylic acids is 1. The summed E-state index contributed by atoms with van der Waals surface area (Å²) < 4.78 is 26.7. The van der Waals surface area contributed by atoms with E-state index in [1.165, 1.54) is 11.3 Å². The van der Waals surface area contributed by atoms with Gasteiger partial charge in [0.2, 0.25) is 0 Å². The van der Waals surface area contributed by atoms with E-state index in [1.807, 2.05) is 6.92 Å². The Morgan fingerprint density at radius 3 is 2.80 bits per heavy atom. The van der Waals surface area contributed by atoms with E-state index in [-0.39, 0.29) is 5.56 Å². The normalized spacial score (nSPS) is 13.8. The lowest BCUT2D eigenvalue weighted by Crippen LogP contribution is -2.43. The second-order valence-corrected chi connectivity index (χ2v) is 5.50. The Hall–Kier alpha value is -1.82. The van der Waals surface area contributed by atoms with Gasteiger partial charge in [0.15, 0.2) is 0 Å². The first-order chi connectivity index (χ1) is 9.46. The van der Waals surface area contributed by atoms with Gasteiger partial charge in [-0.05, 0) is 31.5 Å². The molecule has 0 radical (unpaired) electrons. The summed E-state index contributed by atoms with van der Waals surface area (Å²) in [5.74, 6) is -2.05. The average molecular weight is 296 g/mol. The zero-order valence-electron chi connectivity index (χ0n) is 11.1. The van der Waals surface area contributed by atoms with E-state index in [1.54, 1.807) is 18.5 Å². The Morgan fingerprint density at radius 2 is 2.20 bits per heavy atom. The third-order valence-electron chi connectivity index (χ3n) is 3.17. The molecular formula is C14H14F2N2OS. The van der Waals surface area contributed by atoms with Gasteiger partial charge in [0.25, 0.3) is 5.91 Å². The molecule has 0 aliphatic carbocycles. The van der Waals surface area contributed by atoms with Gasteiger partial charge in [-0.2, -0.15) is 0 Å². The van der Waals surface area contributed by atoms with Crippen LogP contribution >= 0.6 is 11.3 Å². The maximum Gasteiger partial charge on any atom is 0.255 e. The van der Waals surface area contributed by atoms with Crippen molar-refractivity contribution in [3.63, 3.8) is 0 Å². The van der Waals surface area contributed by atoms with Crippen LogP contribution in [0, 0.1) is 11.6 Å². The molecule has 6 heteroatoms. The number of thiazole rings is 1. The van der Waals surface area contributed by atoms with Crippen LogP contribution in [0.25, 0.3) is 0 Å². The molecule has 0 saturated carbocycles. The summed E-state index contributed by atoms with van der Waals surface area (Å²) >= 11 is 1.41. The summed E-state index contributed by atoms with van der Waals surface area (Å²) in [6, 6.07) is 2.81. The number of rotatable bonds is 4. The fourth-order valence-electron chi connectivity index (χ4n) is 1.78. The largest absolute Gasteiger partial charge is 0.340 e. The Bertz CT molecular complexity index is 616.